The van der Waals surface area contributed by atoms with Gasteiger partial charge in [-0.25, -0.2) is 9.78 Å². The second-order valence-corrected chi connectivity index (χ2v) is 6.81. The third-order valence-electron chi connectivity index (χ3n) is 3.55. The van der Waals surface area contributed by atoms with Crippen molar-refractivity contribution in [2.24, 2.45) is 0 Å². The zero-order chi connectivity index (χ0) is 18.5. The highest BCUT2D eigenvalue weighted by Gasteiger charge is 2.12. The van der Waals surface area contributed by atoms with E-state index in [2.05, 4.69) is 4.98 Å². The van der Waals surface area contributed by atoms with Crippen molar-refractivity contribution >= 4 is 28.9 Å². The maximum absolute atomic E-state index is 10.8. The van der Waals surface area contributed by atoms with E-state index in [1.165, 1.54) is 18.3 Å². The average molecular weight is 390 g/mol. The Hall–Kier alpha value is -2.57. The van der Waals surface area contributed by atoms with Crippen LogP contribution in [0.3, 0.4) is 0 Å². The van der Waals surface area contributed by atoms with Gasteiger partial charge < -0.3 is 14.6 Å². The molecule has 0 bridgehead atoms. The molecule has 1 N–H and O–H groups in total. The first kappa shape index (κ1) is 18.2. The summed E-state index contributed by atoms with van der Waals surface area (Å²) in [4.78, 5) is 15.3. The van der Waals surface area contributed by atoms with Gasteiger partial charge in [-0.05, 0) is 37.3 Å². The van der Waals surface area contributed by atoms with E-state index >= 15 is 0 Å². The number of nitrogens with zero attached hydrogens (tertiary/aromatic N) is 1. The Balaban J connectivity index is 1.60. The highest BCUT2D eigenvalue weighted by Crippen LogP contribution is 2.29. The number of hydrogen-bond donors (Lipinski definition) is 1. The highest BCUT2D eigenvalue weighted by atomic mass is 35.5. The summed E-state index contributed by atoms with van der Waals surface area (Å²) in [7, 11) is 0. The second kappa shape index (κ2) is 8.21. The predicted molar refractivity (Wildman–Crippen MR) is 101 cm³/mol. The van der Waals surface area contributed by atoms with E-state index in [-0.39, 0.29) is 0 Å². The average Bonchev–Trinajstić information content (AvgIpc) is 3.10. The summed E-state index contributed by atoms with van der Waals surface area (Å²) in [6, 6.07) is 14.4. The molecule has 3 rings (SSSR count). The van der Waals surface area contributed by atoms with E-state index in [0.717, 1.165) is 16.3 Å². The number of halogens is 1. The van der Waals surface area contributed by atoms with Crippen LogP contribution in [0.5, 0.6) is 11.5 Å². The van der Waals surface area contributed by atoms with Gasteiger partial charge in [0.15, 0.2) is 6.10 Å². The van der Waals surface area contributed by atoms with Crippen LogP contribution in [-0.2, 0) is 11.4 Å². The summed E-state index contributed by atoms with van der Waals surface area (Å²) in [6.45, 7) is 1.81. The number of benzene rings is 2. The lowest BCUT2D eigenvalue weighted by Gasteiger charge is -2.11. The Morgan fingerprint density at radius 1 is 1.19 bits per heavy atom. The van der Waals surface area contributed by atoms with Gasteiger partial charge in [-0.2, -0.15) is 0 Å². The van der Waals surface area contributed by atoms with Crippen molar-refractivity contribution in [1.29, 1.82) is 0 Å². The van der Waals surface area contributed by atoms with Crippen molar-refractivity contribution in [2.45, 2.75) is 19.6 Å². The Morgan fingerprint density at radius 3 is 2.58 bits per heavy atom. The molecule has 1 heterocycles. The Bertz CT molecular complexity index is 895. The first-order valence-electron chi connectivity index (χ1n) is 7.84. The largest absolute Gasteiger partial charge is 0.486 e. The van der Waals surface area contributed by atoms with E-state index in [1.807, 2.05) is 29.6 Å². The fraction of sp³-hybridized carbons (Fsp3) is 0.158. The first-order chi connectivity index (χ1) is 12.5. The Morgan fingerprint density at radius 2 is 1.88 bits per heavy atom. The minimum atomic E-state index is -1.01. The van der Waals surface area contributed by atoms with Gasteiger partial charge in [-0.3, -0.25) is 0 Å². The Labute approximate surface area is 159 Å². The minimum Gasteiger partial charge on any atom is -0.486 e. The van der Waals surface area contributed by atoms with Crippen molar-refractivity contribution in [3.8, 4) is 22.8 Å². The van der Waals surface area contributed by atoms with Crippen LogP contribution in [0.25, 0.3) is 11.3 Å². The molecular weight excluding hydrogens is 374 g/mol. The predicted octanol–water partition coefficient (Wildman–Crippen LogP) is 4.89. The molecule has 0 aliphatic rings. The van der Waals surface area contributed by atoms with Gasteiger partial charge in [0.1, 0.15) is 23.1 Å². The molecule has 0 fully saturated rings. The number of thiazole rings is 1. The standard InChI is InChI=1S/C19H16ClNO4S/c1-12(19(22)23)25-14-8-6-13(7-9-14)24-10-18-21-17(11-26-18)15-4-2-3-5-16(15)20/h2-9,11-12H,10H2,1H3,(H,22,23). The van der Waals surface area contributed by atoms with Crippen LogP contribution in [-0.4, -0.2) is 22.2 Å². The molecule has 5 nitrogen and oxygen atoms in total. The molecule has 3 aromatic rings. The molecule has 0 aliphatic carbocycles. The third kappa shape index (κ3) is 4.53. The minimum absolute atomic E-state index is 0.334. The van der Waals surface area contributed by atoms with Crippen molar-refractivity contribution < 1.29 is 19.4 Å². The van der Waals surface area contributed by atoms with Crippen LogP contribution in [0.15, 0.2) is 53.9 Å². The van der Waals surface area contributed by atoms with Crippen molar-refractivity contribution in [3.63, 3.8) is 0 Å². The van der Waals surface area contributed by atoms with Crippen LogP contribution in [0, 0.1) is 0 Å². The molecule has 134 valence electrons. The maximum Gasteiger partial charge on any atom is 0.344 e. The lowest BCUT2D eigenvalue weighted by molar-refractivity contribution is -0.144. The van der Waals surface area contributed by atoms with E-state index in [1.54, 1.807) is 24.3 Å². The molecule has 0 saturated carbocycles. The topological polar surface area (TPSA) is 68.7 Å². The lowest BCUT2D eigenvalue weighted by atomic mass is 10.2. The molecular formula is C19H16ClNO4S. The number of hydrogen-bond acceptors (Lipinski definition) is 5. The molecule has 2 aromatic carbocycles. The monoisotopic (exact) mass is 389 g/mol. The number of carbonyl (C=O) groups is 1. The van der Waals surface area contributed by atoms with Crippen LogP contribution in [0.2, 0.25) is 5.02 Å². The summed E-state index contributed by atoms with van der Waals surface area (Å²) in [5, 5.41) is 12.3. The van der Waals surface area contributed by atoms with Crippen LogP contribution >= 0.6 is 22.9 Å². The van der Waals surface area contributed by atoms with Gasteiger partial charge in [0, 0.05) is 16.0 Å². The summed E-state index contributed by atoms with van der Waals surface area (Å²) < 4.78 is 11.0. The summed E-state index contributed by atoms with van der Waals surface area (Å²) in [5.41, 5.74) is 1.72. The lowest BCUT2D eigenvalue weighted by Crippen LogP contribution is -2.22. The van der Waals surface area contributed by atoms with Gasteiger partial charge in [0.2, 0.25) is 0 Å². The zero-order valence-electron chi connectivity index (χ0n) is 13.9. The quantitative estimate of drug-likeness (QED) is 0.622. The van der Waals surface area contributed by atoms with Crippen LogP contribution < -0.4 is 9.47 Å². The molecule has 0 amide bonds. The number of ether oxygens (including phenoxy) is 2. The van der Waals surface area contributed by atoms with E-state index < -0.39 is 12.1 Å². The van der Waals surface area contributed by atoms with Gasteiger partial charge in [0.05, 0.1) is 5.69 Å². The summed E-state index contributed by atoms with van der Waals surface area (Å²) >= 11 is 7.70. The molecule has 0 radical (unpaired) electrons. The highest BCUT2D eigenvalue weighted by molar-refractivity contribution is 7.09. The Kier molecular flexibility index (Phi) is 5.75. The molecule has 0 spiro atoms. The van der Waals surface area contributed by atoms with E-state index in [4.69, 9.17) is 26.2 Å². The number of carboxylic acids is 1. The number of rotatable bonds is 7. The fourth-order valence-corrected chi connectivity index (χ4v) is 3.12. The smallest absolute Gasteiger partial charge is 0.344 e. The van der Waals surface area contributed by atoms with Crippen LogP contribution in [0.4, 0.5) is 0 Å². The third-order valence-corrected chi connectivity index (χ3v) is 4.70. The number of carboxylic acid groups (broad SMARTS) is 1. The van der Waals surface area contributed by atoms with Gasteiger partial charge in [-0.15, -0.1) is 11.3 Å². The molecule has 1 aromatic heterocycles. The number of aromatic nitrogens is 1. The second-order valence-electron chi connectivity index (χ2n) is 5.46. The van der Waals surface area contributed by atoms with Crippen molar-refractivity contribution in [2.75, 3.05) is 0 Å². The van der Waals surface area contributed by atoms with Gasteiger partial charge in [-0.1, -0.05) is 29.8 Å². The van der Waals surface area contributed by atoms with E-state index in [9.17, 15) is 4.79 Å². The normalized spacial score (nSPS) is 11.8. The molecule has 0 aliphatic heterocycles. The van der Waals surface area contributed by atoms with Gasteiger partial charge in [0.25, 0.3) is 0 Å². The molecule has 7 heteroatoms. The fourth-order valence-electron chi connectivity index (χ4n) is 2.18. The molecule has 1 unspecified atom stereocenters. The van der Waals surface area contributed by atoms with Crippen molar-refractivity contribution in [3.05, 3.63) is 63.9 Å². The van der Waals surface area contributed by atoms with Crippen LogP contribution in [0.1, 0.15) is 11.9 Å². The summed E-state index contributed by atoms with van der Waals surface area (Å²) in [5.74, 6) is 0.112. The summed E-state index contributed by atoms with van der Waals surface area (Å²) in [6.07, 6.45) is -0.902. The zero-order valence-corrected chi connectivity index (χ0v) is 15.5. The number of aliphatic carboxylic acids is 1. The van der Waals surface area contributed by atoms with Crippen molar-refractivity contribution in [1.82, 2.24) is 4.98 Å². The SMILES string of the molecule is CC(Oc1ccc(OCc2nc(-c3ccccc3Cl)cs2)cc1)C(=O)O. The molecule has 0 saturated heterocycles. The maximum atomic E-state index is 10.8. The van der Waals surface area contributed by atoms with Gasteiger partial charge >= 0.3 is 5.97 Å². The molecule has 1 atom stereocenters. The van der Waals surface area contributed by atoms with E-state index in [0.29, 0.717) is 23.1 Å². The first-order valence-corrected chi connectivity index (χ1v) is 9.10. The molecule has 26 heavy (non-hydrogen) atoms.